The molecule has 2 aliphatic rings. The average Bonchev–Trinajstić information content (AvgIpc) is 2.23. The Kier molecular flexibility index (Phi) is 4.14. The maximum atomic E-state index is 5.90. The van der Waals surface area contributed by atoms with Gasteiger partial charge in [-0.15, -0.1) is 0 Å². The highest BCUT2D eigenvalue weighted by Gasteiger charge is 2.22. The number of hydrogen-bond donors (Lipinski definition) is 2. The summed E-state index contributed by atoms with van der Waals surface area (Å²) in [6.45, 7) is 0. The van der Waals surface area contributed by atoms with Crippen molar-refractivity contribution in [3.05, 3.63) is 0 Å². The van der Waals surface area contributed by atoms with Crippen molar-refractivity contribution in [1.82, 2.24) is 5.32 Å². The molecule has 1 saturated carbocycles. The normalized spacial score (nSPS) is 35.8. The lowest BCUT2D eigenvalue weighted by Gasteiger charge is -2.32. The van der Waals surface area contributed by atoms with Crippen molar-refractivity contribution in [2.24, 2.45) is 5.73 Å². The van der Waals surface area contributed by atoms with Gasteiger partial charge in [0.1, 0.15) is 0 Å². The van der Waals surface area contributed by atoms with Gasteiger partial charge < -0.3 is 11.1 Å². The van der Waals surface area contributed by atoms with Crippen molar-refractivity contribution in [3.8, 4) is 0 Å². The molecule has 0 aromatic rings. The van der Waals surface area contributed by atoms with E-state index in [2.05, 4.69) is 17.1 Å². The molecule has 14 heavy (non-hydrogen) atoms. The second-order valence-electron chi connectivity index (χ2n) is 4.67. The van der Waals surface area contributed by atoms with Gasteiger partial charge in [0.2, 0.25) is 0 Å². The minimum absolute atomic E-state index is 0.481. The fourth-order valence-corrected chi connectivity index (χ4v) is 3.59. The Morgan fingerprint density at radius 2 is 1.43 bits per heavy atom. The monoisotopic (exact) mass is 214 g/mol. The first-order valence-corrected chi connectivity index (χ1v) is 7.09. The summed E-state index contributed by atoms with van der Waals surface area (Å²) >= 11 is 2.10. The van der Waals surface area contributed by atoms with Crippen LogP contribution in [0.1, 0.15) is 38.5 Å². The van der Waals surface area contributed by atoms with E-state index in [1.807, 2.05) is 0 Å². The molecule has 1 saturated heterocycles. The highest BCUT2D eigenvalue weighted by molar-refractivity contribution is 7.99. The molecule has 3 N–H and O–H groups in total. The second kappa shape index (κ2) is 5.38. The lowest BCUT2D eigenvalue weighted by molar-refractivity contribution is 0.306. The largest absolute Gasteiger partial charge is 0.328 e. The first-order valence-electron chi connectivity index (χ1n) is 5.94. The van der Waals surface area contributed by atoms with Crippen LogP contribution in [0.2, 0.25) is 0 Å². The lowest BCUT2D eigenvalue weighted by Crippen LogP contribution is -2.43. The van der Waals surface area contributed by atoms with Gasteiger partial charge in [0, 0.05) is 18.1 Å². The third-order valence-corrected chi connectivity index (χ3v) is 4.51. The fraction of sp³-hybridized carbons (Fsp3) is 1.00. The van der Waals surface area contributed by atoms with Crippen LogP contribution in [0.25, 0.3) is 0 Å². The van der Waals surface area contributed by atoms with Crippen LogP contribution in [0.15, 0.2) is 0 Å². The zero-order chi connectivity index (χ0) is 9.80. The second-order valence-corrected chi connectivity index (χ2v) is 5.89. The molecule has 82 valence electrons. The Bertz CT molecular complexity index is 161. The van der Waals surface area contributed by atoms with Crippen LogP contribution in [0.4, 0.5) is 0 Å². The van der Waals surface area contributed by atoms with Gasteiger partial charge in [-0.1, -0.05) is 0 Å². The molecule has 2 fully saturated rings. The molecule has 0 bridgehead atoms. The Labute approximate surface area is 91.4 Å². The minimum Gasteiger partial charge on any atom is -0.328 e. The number of rotatable bonds is 2. The Hall–Kier alpha value is 0.270. The number of nitrogens with one attached hydrogen (secondary N) is 1. The SMILES string of the molecule is NC1CCC(NC2CCSCC2)CC1. The zero-order valence-electron chi connectivity index (χ0n) is 8.87. The topological polar surface area (TPSA) is 38.0 Å². The van der Waals surface area contributed by atoms with E-state index in [0.29, 0.717) is 6.04 Å². The van der Waals surface area contributed by atoms with E-state index in [1.54, 1.807) is 0 Å². The van der Waals surface area contributed by atoms with E-state index in [0.717, 1.165) is 12.1 Å². The summed E-state index contributed by atoms with van der Waals surface area (Å²) < 4.78 is 0. The molecule has 0 radical (unpaired) electrons. The predicted molar refractivity (Wildman–Crippen MR) is 63.7 cm³/mol. The highest BCUT2D eigenvalue weighted by atomic mass is 32.2. The van der Waals surface area contributed by atoms with Crippen LogP contribution >= 0.6 is 11.8 Å². The number of nitrogens with two attached hydrogens (primary N) is 1. The van der Waals surface area contributed by atoms with Gasteiger partial charge in [0.25, 0.3) is 0 Å². The summed E-state index contributed by atoms with van der Waals surface area (Å²) in [5.74, 6) is 2.70. The molecule has 0 amide bonds. The number of thioether (sulfide) groups is 1. The molecule has 0 aromatic heterocycles. The molecular weight excluding hydrogens is 192 g/mol. The molecule has 1 aliphatic heterocycles. The molecule has 1 aliphatic carbocycles. The van der Waals surface area contributed by atoms with E-state index < -0.39 is 0 Å². The minimum atomic E-state index is 0.481. The van der Waals surface area contributed by atoms with Crippen LogP contribution < -0.4 is 11.1 Å². The summed E-state index contributed by atoms with van der Waals surface area (Å²) in [6.07, 6.45) is 7.77. The van der Waals surface area contributed by atoms with E-state index in [1.165, 1.54) is 50.0 Å². The van der Waals surface area contributed by atoms with Crippen LogP contribution in [0, 0.1) is 0 Å². The summed E-state index contributed by atoms with van der Waals surface area (Å²) in [5.41, 5.74) is 5.90. The van der Waals surface area contributed by atoms with Gasteiger partial charge >= 0.3 is 0 Å². The van der Waals surface area contributed by atoms with Gasteiger partial charge in [0.15, 0.2) is 0 Å². The van der Waals surface area contributed by atoms with Gasteiger partial charge in [0.05, 0.1) is 0 Å². The average molecular weight is 214 g/mol. The third kappa shape index (κ3) is 3.14. The molecule has 0 spiro atoms. The first kappa shape index (κ1) is 10.8. The van der Waals surface area contributed by atoms with E-state index >= 15 is 0 Å². The molecule has 0 aromatic carbocycles. The summed E-state index contributed by atoms with van der Waals surface area (Å²) in [5, 5.41) is 3.81. The molecule has 2 nitrogen and oxygen atoms in total. The van der Waals surface area contributed by atoms with Crippen molar-refractivity contribution in [3.63, 3.8) is 0 Å². The van der Waals surface area contributed by atoms with E-state index in [-0.39, 0.29) is 0 Å². The standard InChI is InChI=1S/C11H22N2S/c12-9-1-3-10(4-2-9)13-11-5-7-14-8-6-11/h9-11,13H,1-8,12H2. The van der Waals surface area contributed by atoms with Gasteiger partial charge in [-0.3, -0.25) is 0 Å². The number of hydrogen-bond acceptors (Lipinski definition) is 3. The van der Waals surface area contributed by atoms with Crippen molar-refractivity contribution in [1.29, 1.82) is 0 Å². The third-order valence-electron chi connectivity index (χ3n) is 3.46. The lowest BCUT2D eigenvalue weighted by atomic mass is 9.91. The molecule has 2 rings (SSSR count). The quantitative estimate of drug-likeness (QED) is 0.735. The van der Waals surface area contributed by atoms with Crippen LogP contribution in [-0.2, 0) is 0 Å². The Balaban J connectivity index is 1.68. The van der Waals surface area contributed by atoms with Gasteiger partial charge in [-0.05, 0) is 50.0 Å². The van der Waals surface area contributed by atoms with E-state index in [4.69, 9.17) is 5.73 Å². The summed E-state index contributed by atoms with van der Waals surface area (Å²) in [7, 11) is 0. The molecule has 1 heterocycles. The van der Waals surface area contributed by atoms with E-state index in [9.17, 15) is 0 Å². The maximum absolute atomic E-state index is 5.90. The van der Waals surface area contributed by atoms with Gasteiger partial charge in [-0.25, -0.2) is 0 Å². The molecule has 3 heteroatoms. The maximum Gasteiger partial charge on any atom is 0.00853 e. The highest BCUT2D eigenvalue weighted by Crippen LogP contribution is 2.21. The van der Waals surface area contributed by atoms with Gasteiger partial charge in [-0.2, -0.15) is 11.8 Å². The Morgan fingerprint density at radius 1 is 0.857 bits per heavy atom. The van der Waals surface area contributed by atoms with Crippen molar-refractivity contribution in [2.75, 3.05) is 11.5 Å². The molecule has 0 atom stereocenters. The Morgan fingerprint density at radius 3 is 2.07 bits per heavy atom. The smallest absolute Gasteiger partial charge is 0.00853 e. The molecule has 0 unspecified atom stereocenters. The van der Waals surface area contributed by atoms with Crippen molar-refractivity contribution < 1.29 is 0 Å². The first-order chi connectivity index (χ1) is 6.84. The van der Waals surface area contributed by atoms with Crippen molar-refractivity contribution >= 4 is 11.8 Å². The summed E-state index contributed by atoms with van der Waals surface area (Å²) in [4.78, 5) is 0. The van der Waals surface area contributed by atoms with Crippen LogP contribution in [-0.4, -0.2) is 29.6 Å². The van der Waals surface area contributed by atoms with Crippen LogP contribution in [0.5, 0.6) is 0 Å². The molecular formula is C11H22N2S. The van der Waals surface area contributed by atoms with Crippen molar-refractivity contribution in [2.45, 2.75) is 56.7 Å². The zero-order valence-corrected chi connectivity index (χ0v) is 9.69. The van der Waals surface area contributed by atoms with Crippen LogP contribution in [0.3, 0.4) is 0 Å². The summed E-state index contributed by atoms with van der Waals surface area (Å²) in [6, 6.07) is 2.05. The predicted octanol–water partition coefficient (Wildman–Crippen LogP) is 1.74. The fourth-order valence-electron chi connectivity index (χ4n) is 2.48.